The van der Waals surface area contributed by atoms with Crippen LogP contribution in [0.25, 0.3) is 0 Å². The zero-order valence-corrected chi connectivity index (χ0v) is 10.7. The van der Waals surface area contributed by atoms with Crippen LogP contribution in [0.3, 0.4) is 0 Å². The van der Waals surface area contributed by atoms with Gasteiger partial charge in [-0.2, -0.15) is 4.98 Å². The molecule has 0 aromatic carbocycles. The van der Waals surface area contributed by atoms with Gasteiger partial charge in [0.15, 0.2) is 5.82 Å². The highest BCUT2D eigenvalue weighted by Crippen LogP contribution is 2.03. The maximum Gasteiger partial charge on any atom is 0.241 e. The number of hydrogen-bond acceptors (Lipinski definition) is 5. The molecule has 0 bridgehead atoms. The van der Waals surface area contributed by atoms with Crippen LogP contribution in [-0.4, -0.2) is 30.2 Å². The molecule has 1 unspecified atom stereocenters. The summed E-state index contributed by atoms with van der Waals surface area (Å²) >= 11 is 5.55. The number of aromatic nitrogens is 2. The van der Waals surface area contributed by atoms with E-state index in [0.717, 1.165) is 0 Å². The Kier molecular flexibility index (Phi) is 4.69. The number of halogens is 1. The molecule has 8 heteroatoms. The predicted molar refractivity (Wildman–Crippen MR) is 59.5 cm³/mol. The van der Waals surface area contributed by atoms with E-state index in [-0.39, 0.29) is 24.1 Å². The Morgan fingerprint density at radius 2 is 2.25 bits per heavy atom. The summed E-state index contributed by atoms with van der Waals surface area (Å²) in [4.78, 5) is 3.88. The fourth-order valence-corrected chi connectivity index (χ4v) is 2.63. The third kappa shape index (κ3) is 4.46. The van der Waals surface area contributed by atoms with Crippen molar-refractivity contribution in [1.82, 2.24) is 14.9 Å². The summed E-state index contributed by atoms with van der Waals surface area (Å²) in [5.41, 5.74) is 0. The first-order chi connectivity index (χ1) is 7.43. The fourth-order valence-electron chi connectivity index (χ4n) is 1.06. The average Bonchev–Trinajstić information content (AvgIpc) is 2.61. The first-order valence-corrected chi connectivity index (χ1v) is 6.94. The van der Waals surface area contributed by atoms with Crippen molar-refractivity contribution in [3.8, 4) is 0 Å². The van der Waals surface area contributed by atoms with Gasteiger partial charge in [0.1, 0.15) is 0 Å². The Morgan fingerprint density at radius 1 is 1.56 bits per heavy atom. The van der Waals surface area contributed by atoms with Crippen molar-refractivity contribution >= 4 is 21.6 Å². The molecule has 0 saturated carbocycles. The minimum absolute atomic E-state index is 0.0103. The van der Waals surface area contributed by atoms with Crippen molar-refractivity contribution in [1.29, 1.82) is 0 Å². The molecule has 0 amide bonds. The Morgan fingerprint density at radius 3 is 2.75 bits per heavy atom. The number of alkyl halides is 1. The van der Waals surface area contributed by atoms with E-state index in [9.17, 15) is 8.42 Å². The molecule has 1 heterocycles. The van der Waals surface area contributed by atoms with Gasteiger partial charge in [0.2, 0.25) is 15.9 Å². The first-order valence-electron chi connectivity index (χ1n) is 4.75. The van der Waals surface area contributed by atoms with Crippen LogP contribution in [0.2, 0.25) is 0 Å². The molecular weight excluding hydrogens is 254 g/mol. The molecule has 0 spiro atoms. The van der Waals surface area contributed by atoms with E-state index in [1.165, 1.54) is 0 Å². The van der Waals surface area contributed by atoms with Crippen LogP contribution < -0.4 is 4.72 Å². The highest BCUT2D eigenvalue weighted by molar-refractivity contribution is 7.89. The molecule has 92 valence electrons. The molecule has 1 N–H and O–H groups in total. The number of nitrogens with one attached hydrogen (secondary N) is 1. The first kappa shape index (κ1) is 13.4. The molecule has 0 saturated heterocycles. The second-order valence-electron chi connectivity index (χ2n) is 3.60. The Balaban J connectivity index is 2.48. The van der Waals surface area contributed by atoms with E-state index < -0.39 is 10.0 Å². The highest BCUT2D eigenvalue weighted by Gasteiger charge is 2.16. The van der Waals surface area contributed by atoms with Crippen LogP contribution in [0.15, 0.2) is 4.52 Å². The fraction of sp³-hybridized carbons (Fsp3) is 0.750. The maximum absolute atomic E-state index is 11.5. The molecule has 1 rings (SSSR count). The topological polar surface area (TPSA) is 85.1 Å². The average molecular weight is 268 g/mol. The number of hydrogen-bond donors (Lipinski definition) is 1. The minimum Gasteiger partial charge on any atom is -0.338 e. The van der Waals surface area contributed by atoms with E-state index in [4.69, 9.17) is 16.1 Å². The lowest BCUT2D eigenvalue weighted by molar-refractivity contribution is 0.372. The lowest BCUT2D eigenvalue weighted by Crippen LogP contribution is -2.29. The Bertz CT molecular complexity index is 431. The Hall–Kier alpha value is -0.660. The highest BCUT2D eigenvalue weighted by atomic mass is 35.5. The summed E-state index contributed by atoms with van der Waals surface area (Å²) in [6.45, 7) is 3.44. The molecule has 1 atom stereocenters. The van der Waals surface area contributed by atoms with Crippen LogP contribution in [0.4, 0.5) is 0 Å². The maximum atomic E-state index is 11.5. The third-order valence-corrected chi connectivity index (χ3v) is 3.90. The van der Waals surface area contributed by atoms with Crippen molar-refractivity contribution in [2.45, 2.75) is 20.4 Å². The standard InChI is InChI=1S/C8H14ClN3O3S/c1-6(3-9)5-16(13,14)10-4-8-11-7(2)12-15-8/h6,10H,3-5H2,1-2H3. The summed E-state index contributed by atoms with van der Waals surface area (Å²) in [5, 5.41) is 3.55. The SMILES string of the molecule is Cc1noc(CNS(=O)(=O)CC(C)CCl)n1. The van der Waals surface area contributed by atoms with Gasteiger partial charge in [-0.3, -0.25) is 0 Å². The number of nitrogens with zero attached hydrogens (tertiary/aromatic N) is 2. The van der Waals surface area contributed by atoms with Crippen molar-refractivity contribution < 1.29 is 12.9 Å². The van der Waals surface area contributed by atoms with Gasteiger partial charge in [-0.15, -0.1) is 11.6 Å². The smallest absolute Gasteiger partial charge is 0.241 e. The number of aryl methyl sites for hydroxylation is 1. The van der Waals surface area contributed by atoms with Crippen LogP contribution >= 0.6 is 11.6 Å². The molecule has 0 aliphatic rings. The molecule has 0 aliphatic carbocycles. The summed E-state index contributed by atoms with van der Waals surface area (Å²) in [7, 11) is -3.34. The lowest BCUT2D eigenvalue weighted by Gasteiger charge is -2.08. The van der Waals surface area contributed by atoms with Gasteiger partial charge >= 0.3 is 0 Å². The van der Waals surface area contributed by atoms with Gasteiger partial charge in [0.05, 0.1) is 12.3 Å². The van der Waals surface area contributed by atoms with E-state index in [1.807, 2.05) is 0 Å². The second-order valence-corrected chi connectivity index (χ2v) is 5.76. The van der Waals surface area contributed by atoms with Crippen molar-refractivity contribution in [2.24, 2.45) is 5.92 Å². The van der Waals surface area contributed by atoms with E-state index >= 15 is 0 Å². The van der Waals surface area contributed by atoms with Gasteiger partial charge in [0, 0.05) is 5.88 Å². The van der Waals surface area contributed by atoms with Crippen molar-refractivity contribution in [3.63, 3.8) is 0 Å². The van der Waals surface area contributed by atoms with E-state index in [2.05, 4.69) is 14.9 Å². The molecule has 0 fully saturated rings. The molecule has 6 nitrogen and oxygen atoms in total. The van der Waals surface area contributed by atoms with Gasteiger partial charge in [-0.1, -0.05) is 12.1 Å². The van der Waals surface area contributed by atoms with Crippen LogP contribution in [0, 0.1) is 12.8 Å². The van der Waals surface area contributed by atoms with Crippen LogP contribution in [-0.2, 0) is 16.6 Å². The largest absolute Gasteiger partial charge is 0.338 e. The number of sulfonamides is 1. The summed E-state index contributed by atoms with van der Waals surface area (Å²) in [6.07, 6.45) is 0. The van der Waals surface area contributed by atoms with Crippen LogP contribution in [0.1, 0.15) is 18.6 Å². The molecule has 16 heavy (non-hydrogen) atoms. The quantitative estimate of drug-likeness (QED) is 0.766. The lowest BCUT2D eigenvalue weighted by atomic mass is 10.3. The normalized spacial score (nSPS) is 13.9. The molecule has 0 aliphatic heterocycles. The van der Waals surface area contributed by atoms with Gasteiger partial charge in [-0.25, -0.2) is 13.1 Å². The van der Waals surface area contributed by atoms with E-state index in [0.29, 0.717) is 11.7 Å². The molecule has 1 aromatic rings. The molecule has 1 aromatic heterocycles. The summed E-state index contributed by atoms with van der Waals surface area (Å²) in [6, 6.07) is 0. The molecule has 0 radical (unpaired) electrons. The van der Waals surface area contributed by atoms with Crippen molar-refractivity contribution in [3.05, 3.63) is 11.7 Å². The zero-order chi connectivity index (χ0) is 12.2. The van der Waals surface area contributed by atoms with E-state index in [1.54, 1.807) is 13.8 Å². The minimum atomic E-state index is -3.34. The summed E-state index contributed by atoms with van der Waals surface area (Å²) in [5.74, 6) is 0.927. The number of rotatable bonds is 6. The third-order valence-electron chi connectivity index (χ3n) is 1.78. The van der Waals surface area contributed by atoms with Gasteiger partial charge in [0.25, 0.3) is 0 Å². The van der Waals surface area contributed by atoms with Crippen LogP contribution in [0.5, 0.6) is 0 Å². The zero-order valence-electron chi connectivity index (χ0n) is 9.10. The van der Waals surface area contributed by atoms with Crippen molar-refractivity contribution in [2.75, 3.05) is 11.6 Å². The summed E-state index contributed by atoms with van der Waals surface area (Å²) < 4.78 is 30.2. The predicted octanol–water partition coefficient (Wildman–Crippen LogP) is 0.672. The van der Waals surface area contributed by atoms with Gasteiger partial charge < -0.3 is 4.52 Å². The van der Waals surface area contributed by atoms with Gasteiger partial charge in [-0.05, 0) is 12.8 Å². The second kappa shape index (κ2) is 5.60. The Labute approximate surface area is 99.4 Å². The monoisotopic (exact) mass is 267 g/mol. The molecular formula is C8H14ClN3O3S.